The van der Waals surface area contributed by atoms with E-state index in [1.165, 1.54) is 6.33 Å². The Bertz CT molecular complexity index is 939. The number of carbonyl (C=O) groups is 1. The molecule has 7 heteroatoms. The monoisotopic (exact) mass is 336 g/mol. The number of nitrogens with one attached hydrogen (secondary N) is 1. The van der Waals surface area contributed by atoms with Crippen LogP contribution in [0.25, 0.3) is 10.9 Å². The molecule has 0 aliphatic carbocycles. The number of ether oxygens (including phenoxy) is 2. The Morgan fingerprint density at radius 1 is 1.16 bits per heavy atom. The second kappa shape index (κ2) is 6.27. The van der Waals surface area contributed by atoms with E-state index in [2.05, 4.69) is 15.3 Å². The molecular weight excluding hydrogens is 320 g/mol. The summed E-state index contributed by atoms with van der Waals surface area (Å²) in [5.41, 5.74) is 1.51. The van der Waals surface area contributed by atoms with E-state index in [9.17, 15) is 4.79 Å². The summed E-state index contributed by atoms with van der Waals surface area (Å²) >= 11 is 0. The number of rotatable bonds is 4. The Morgan fingerprint density at radius 2 is 2.00 bits per heavy atom. The quantitative estimate of drug-likeness (QED) is 0.788. The van der Waals surface area contributed by atoms with Gasteiger partial charge in [-0.05, 0) is 24.3 Å². The smallest absolute Gasteiger partial charge is 0.243 e. The average molecular weight is 336 g/mol. The van der Waals surface area contributed by atoms with Crippen molar-refractivity contribution in [1.82, 2.24) is 9.97 Å². The zero-order valence-corrected chi connectivity index (χ0v) is 13.6. The summed E-state index contributed by atoms with van der Waals surface area (Å²) in [6.45, 7) is 0.367. The summed E-state index contributed by atoms with van der Waals surface area (Å²) in [6.07, 6.45) is 1.50. The third kappa shape index (κ3) is 3.03. The molecule has 126 valence electrons. The van der Waals surface area contributed by atoms with Crippen LogP contribution in [0.15, 0.2) is 48.8 Å². The number of nitrogens with zero attached hydrogens (tertiary/aromatic N) is 3. The van der Waals surface area contributed by atoms with Crippen LogP contribution in [0.5, 0.6) is 11.5 Å². The molecule has 0 fully saturated rings. The van der Waals surface area contributed by atoms with Crippen LogP contribution in [-0.4, -0.2) is 36.3 Å². The number of hydrogen-bond donors (Lipinski definition) is 1. The lowest BCUT2D eigenvalue weighted by atomic mass is 10.2. The van der Waals surface area contributed by atoms with Crippen LogP contribution < -0.4 is 19.7 Å². The highest BCUT2D eigenvalue weighted by Crippen LogP contribution is 2.34. The van der Waals surface area contributed by atoms with Crippen LogP contribution in [0, 0.1) is 0 Å². The van der Waals surface area contributed by atoms with Gasteiger partial charge in [0.05, 0.1) is 12.1 Å². The molecule has 2 aromatic carbocycles. The lowest BCUT2D eigenvalue weighted by Crippen LogP contribution is -2.30. The maximum absolute atomic E-state index is 12.4. The van der Waals surface area contributed by atoms with E-state index < -0.39 is 0 Å². The van der Waals surface area contributed by atoms with Crippen molar-refractivity contribution in [3.63, 3.8) is 0 Å². The van der Waals surface area contributed by atoms with Gasteiger partial charge in [0.2, 0.25) is 12.7 Å². The second-order valence-electron chi connectivity index (χ2n) is 5.69. The van der Waals surface area contributed by atoms with Crippen LogP contribution in [-0.2, 0) is 4.79 Å². The van der Waals surface area contributed by atoms with Crippen LogP contribution in [0.4, 0.5) is 11.5 Å². The van der Waals surface area contributed by atoms with Crippen LogP contribution in [0.2, 0.25) is 0 Å². The summed E-state index contributed by atoms with van der Waals surface area (Å²) in [5, 5.41) is 3.77. The Morgan fingerprint density at radius 3 is 2.92 bits per heavy atom. The average Bonchev–Trinajstić information content (AvgIpc) is 3.08. The number of fused-ring (bicyclic) bond motifs is 2. The van der Waals surface area contributed by atoms with Gasteiger partial charge in [-0.1, -0.05) is 12.1 Å². The molecule has 7 nitrogen and oxygen atoms in total. The summed E-state index contributed by atoms with van der Waals surface area (Å²) in [4.78, 5) is 22.7. The first kappa shape index (κ1) is 15.2. The van der Waals surface area contributed by atoms with Crippen molar-refractivity contribution in [2.75, 3.05) is 30.6 Å². The van der Waals surface area contributed by atoms with Gasteiger partial charge in [0.25, 0.3) is 0 Å². The topological polar surface area (TPSA) is 76.6 Å². The molecule has 0 unspecified atom stereocenters. The summed E-state index contributed by atoms with van der Waals surface area (Å²) in [7, 11) is 1.83. The van der Waals surface area contributed by atoms with Gasteiger partial charge in [-0.3, -0.25) is 4.79 Å². The van der Waals surface area contributed by atoms with Gasteiger partial charge < -0.3 is 19.7 Å². The molecule has 0 radical (unpaired) electrons. The lowest BCUT2D eigenvalue weighted by Gasteiger charge is -2.19. The van der Waals surface area contributed by atoms with Gasteiger partial charge in [-0.25, -0.2) is 9.97 Å². The number of para-hydroxylation sites is 1. The first-order chi connectivity index (χ1) is 12.2. The van der Waals surface area contributed by atoms with Crippen molar-refractivity contribution in [1.29, 1.82) is 0 Å². The van der Waals surface area contributed by atoms with Crippen molar-refractivity contribution < 1.29 is 14.3 Å². The van der Waals surface area contributed by atoms with E-state index in [0.717, 1.165) is 10.9 Å². The minimum atomic E-state index is -0.149. The molecule has 1 aromatic heterocycles. The molecule has 4 rings (SSSR count). The Hall–Kier alpha value is -3.35. The van der Waals surface area contributed by atoms with Crippen LogP contribution in [0.1, 0.15) is 0 Å². The maximum atomic E-state index is 12.4. The molecule has 25 heavy (non-hydrogen) atoms. The van der Waals surface area contributed by atoms with Crippen LogP contribution >= 0.6 is 0 Å². The van der Waals surface area contributed by atoms with Gasteiger partial charge in [-0.2, -0.15) is 0 Å². The number of hydrogen-bond acceptors (Lipinski definition) is 6. The lowest BCUT2D eigenvalue weighted by molar-refractivity contribution is -0.114. The molecule has 2 heterocycles. The predicted octanol–water partition coefficient (Wildman–Crippen LogP) is 2.43. The van der Waals surface area contributed by atoms with Crippen molar-refractivity contribution in [3.05, 3.63) is 48.8 Å². The van der Waals surface area contributed by atoms with E-state index in [-0.39, 0.29) is 19.2 Å². The highest BCUT2D eigenvalue weighted by molar-refractivity contribution is 5.96. The van der Waals surface area contributed by atoms with Gasteiger partial charge in [0.1, 0.15) is 12.1 Å². The zero-order chi connectivity index (χ0) is 17.2. The first-order valence-corrected chi connectivity index (χ1v) is 7.81. The third-order valence-corrected chi connectivity index (χ3v) is 3.92. The molecule has 1 aliphatic heterocycles. The van der Waals surface area contributed by atoms with Crippen molar-refractivity contribution >= 4 is 28.3 Å². The summed E-state index contributed by atoms with van der Waals surface area (Å²) in [6, 6.07) is 13.0. The first-order valence-electron chi connectivity index (χ1n) is 7.81. The predicted molar refractivity (Wildman–Crippen MR) is 94.0 cm³/mol. The molecule has 0 saturated carbocycles. The Labute approximate surface area is 144 Å². The van der Waals surface area contributed by atoms with Crippen molar-refractivity contribution in [2.45, 2.75) is 0 Å². The molecule has 3 aromatic rings. The molecule has 1 aliphatic rings. The van der Waals surface area contributed by atoms with E-state index in [1.54, 1.807) is 23.1 Å². The number of amides is 1. The standard InChI is InChI=1S/C18H16N4O3/c1-22(18-13-4-2-3-5-14(13)19-10-20-18)9-17(23)21-12-6-7-15-16(8-12)25-11-24-15/h2-8,10H,9,11H2,1H3,(H,21,23). The van der Waals surface area contributed by atoms with Gasteiger partial charge in [0, 0.05) is 24.2 Å². The minimum absolute atomic E-state index is 0.149. The largest absolute Gasteiger partial charge is 0.454 e. The molecule has 1 N–H and O–H groups in total. The minimum Gasteiger partial charge on any atom is -0.454 e. The Kier molecular flexibility index (Phi) is 3.81. The highest BCUT2D eigenvalue weighted by Gasteiger charge is 2.16. The normalized spacial score (nSPS) is 12.2. The number of benzene rings is 2. The number of aromatic nitrogens is 2. The summed E-state index contributed by atoms with van der Waals surface area (Å²) < 4.78 is 10.6. The molecule has 0 bridgehead atoms. The number of anilines is 2. The highest BCUT2D eigenvalue weighted by atomic mass is 16.7. The SMILES string of the molecule is CN(CC(=O)Nc1ccc2c(c1)OCO2)c1ncnc2ccccc12. The summed E-state index contributed by atoms with van der Waals surface area (Å²) in [5.74, 6) is 1.88. The van der Waals surface area contributed by atoms with Gasteiger partial charge in [-0.15, -0.1) is 0 Å². The fourth-order valence-corrected chi connectivity index (χ4v) is 2.76. The van der Waals surface area contributed by atoms with Crippen molar-refractivity contribution in [2.24, 2.45) is 0 Å². The molecule has 0 atom stereocenters. The molecule has 0 saturated heterocycles. The molecule has 0 spiro atoms. The zero-order valence-electron chi connectivity index (χ0n) is 13.6. The second-order valence-corrected chi connectivity index (χ2v) is 5.69. The molecular formula is C18H16N4O3. The third-order valence-electron chi connectivity index (χ3n) is 3.92. The van der Waals surface area contributed by atoms with Crippen molar-refractivity contribution in [3.8, 4) is 11.5 Å². The Balaban J connectivity index is 1.48. The van der Waals surface area contributed by atoms with Crippen LogP contribution in [0.3, 0.4) is 0 Å². The van der Waals surface area contributed by atoms with E-state index in [0.29, 0.717) is 23.0 Å². The molecule has 1 amide bonds. The fraction of sp³-hybridized carbons (Fsp3) is 0.167. The van der Waals surface area contributed by atoms with Gasteiger partial charge >= 0.3 is 0 Å². The number of likely N-dealkylation sites (N-methyl/N-ethyl adjacent to an activating group) is 1. The number of carbonyl (C=O) groups excluding carboxylic acids is 1. The fourth-order valence-electron chi connectivity index (χ4n) is 2.76. The maximum Gasteiger partial charge on any atom is 0.243 e. The van der Waals surface area contributed by atoms with E-state index in [1.807, 2.05) is 31.3 Å². The van der Waals surface area contributed by atoms with E-state index in [4.69, 9.17) is 9.47 Å². The van der Waals surface area contributed by atoms with Gasteiger partial charge in [0.15, 0.2) is 11.5 Å². The van der Waals surface area contributed by atoms with E-state index >= 15 is 0 Å².